The lowest BCUT2D eigenvalue weighted by molar-refractivity contribution is -0.120. The molecule has 2 rings (SSSR count). The van der Waals surface area contributed by atoms with Gasteiger partial charge in [-0.05, 0) is 24.3 Å². The van der Waals surface area contributed by atoms with Crippen LogP contribution in [-0.4, -0.2) is 24.5 Å². The van der Waals surface area contributed by atoms with E-state index in [1.54, 1.807) is 55.8 Å². The van der Waals surface area contributed by atoms with E-state index in [1.807, 2.05) is 6.07 Å². The maximum absolute atomic E-state index is 12.0. The number of aromatic nitrogens is 1. The fraction of sp³-hybridized carbons (Fsp3) is 0.133. The quantitative estimate of drug-likeness (QED) is 0.849. The van der Waals surface area contributed by atoms with Crippen LogP contribution in [0.15, 0.2) is 48.8 Å². The second kappa shape index (κ2) is 6.34. The third-order valence-electron chi connectivity index (χ3n) is 2.78. The molecular weight excluding hydrogens is 254 g/mol. The van der Waals surface area contributed by atoms with Crippen LogP contribution < -0.4 is 9.64 Å². The molecule has 0 saturated carbocycles. The summed E-state index contributed by atoms with van der Waals surface area (Å²) in [5.74, 6) is 0.204. The Labute approximate surface area is 117 Å². The molecule has 0 atom stereocenters. The van der Waals surface area contributed by atoms with Crippen LogP contribution in [0.2, 0.25) is 0 Å². The minimum atomic E-state index is -0.205. The lowest BCUT2D eigenvalue weighted by Crippen LogP contribution is -2.31. The Morgan fingerprint density at radius 1 is 1.30 bits per heavy atom. The zero-order valence-electron chi connectivity index (χ0n) is 11.0. The van der Waals surface area contributed by atoms with Gasteiger partial charge in [-0.3, -0.25) is 9.78 Å². The fourth-order valence-corrected chi connectivity index (χ4v) is 1.63. The molecule has 0 unspecified atom stereocenters. The lowest BCUT2D eigenvalue weighted by atomic mass is 10.2. The van der Waals surface area contributed by atoms with E-state index in [0.29, 0.717) is 11.3 Å². The van der Waals surface area contributed by atoms with Gasteiger partial charge in [-0.15, -0.1) is 0 Å². The first-order chi connectivity index (χ1) is 9.72. The Morgan fingerprint density at radius 2 is 2.00 bits per heavy atom. The number of para-hydroxylation sites is 1. The number of hydrogen-bond acceptors (Lipinski definition) is 4. The van der Waals surface area contributed by atoms with Gasteiger partial charge in [-0.25, -0.2) is 0 Å². The molecule has 0 radical (unpaired) electrons. The number of hydrogen-bond donors (Lipinski definition) is 0. The lowest BCUT2D eigenvalue weighted by Gasteiger charge is -2.17. The van der Waals surface area contributed by atoms with Gasteiger partial charge in [0.15, 0.2) is 6.61 Å². The van der Waals surface area contributed by atoms with Crippen LogP contribution >= 0.6 is 0 Å². The van der Waals surface area contributed by atoms with Crippen LogP contribution in [0.4, 0.5) is 5.69 Å². The number of amides is 1. The molecule has 5 nitrogen and oxygen atoms in total. The van der Waals surface area contributed by atoms with Crippen LogP contribution in [0.3, 0.4) is 0 Å². The largest absolute Gasteiger partial charge is 0.482 e. The van der Waals surface area contributed by atoms with Gasteiger partial charge < -0.3 is 9.64 Å². The number of benzene rings is 1. The van der Waals surface area contributed by atoms with E-state index < -0.39 is 0 Å². The average molecular weight is 267 g/mol. The summed E-state index contributed by atoms with van der Waals surface area (Å²) in [5, 5.41) is 8.94. The van der Waals surface area contributed by atoms with Gasteiger partial charge >= 0.3 is 0 Å². The molecule has 1 aromatic heterocycles. The van der Waals surface area contributed by atoms with Crippen molar-refractivity contribution >= 4 is 11.6 Å². The summed E-state index contributed by atoms with van der Waals surface area (Å²) in [6.45, 7) is -0.127. The van der Waals surface area contributed by atoms with Gasteiger partial charge in [-0.2, -0.15) is 5.26 Å². The minimum Gasteiger partial charge on any atom is -0.482 e. The zero-order chi connectivity index (χ0) is 14.4. The van der Waals surface area contributed by atoms with Crippen LogP contribution in [0.5, 0.6) is 5.75 Å². The van der Waals surface area contributed by atoms with Crippen LogP contribution in [0, 0.1) is 11.3 Å². The number of nitrogens with zero attached hydrogens (tertiary/aromatic N) is 3. The van der Waals surface area contributed by atoms with Gasteiger partial charge in [-0.1, -0.05) is 12.1 Å². The van der Waals surface area contributed by atoms with E-state index in [-0.39, 0.29) is 12.5 Å². The third kappa shape index (κ3) is 3.12. The predicted octanol–water partition coefficient (Wildman–Crippen LogP) is 2.00. The number of anilines is 1. The third-order valence-corrected chi connectivity index (χ3v) is 2.78. The summed E-state index contributed by atoms with van der Waals surface area (Å²) >= 11 is 0. The second-order valence-corrected chi connectivity index (χ2v) is 4.05. The Kier molecular flexibility index (Phi) is 4.30. The Bertz CT molecular complexity index is 635. The molecule has 2 aromatic rings. The average Bonchev–Trinajstić information content (AvgIpc) is 2.53. The van der Waals surface area contributed by atoms with Crippen molar-refractivity contribution in [1.29, 1.82) is 5.26 Å². The van der Waals surface area contributed by atoms with E-state index >= 15 is 0 Å². The minimum absolute atomic E-state index is 0.127. The highest BCUT2D eigenvalue weighted by Gasteiger charge is 2.12. The van der Waals surface area contributed by atoms with E-state index in [0.717, 1.165) is 5.69 Å². The van der Waals surface area contributed by atoms with Crippen molar-refractivity contribution < 1.29 is 9.53 Å². The van der Waals surface area contributed by atoms with Gasteiger partial charge in [0.2, 0.25) is 0 Å². The van der Waals surface area contributed by atoms with Crippen molar-refractivity contribution in [2.45, 2.75) is 0 Å². The van der Waals surface area contributed by atoms with Crippen molar-refractivity contribution in [3.05, 3.63) is 54.4 Å². The van der Waals surface area contributed by atoms with Crippen LogP contribution in [0.1, 0.15) is 5.56 Å². The molecule has 1 aromatic carbocycles. The van der Waals surface area contributed by atoms with Crippen molar-refractivity contribution in [1.82, 2.24) is 4.98 Å². The summed E-state index contributed by atoms with van der Waals surface area (Å²) in [4.78, 5) is 17.4. The monoisotopic (exact) mass is 267 g/mol. The first-order valence-corrected chi connectivity index (χ1v) is 6.01. The van der Waals surface area contributed by atoms with E-state index in [9.17, 15) is 4.79 Å². The number of carbonyl (C=O) groups is 1. The molecule has 0 fully saturated rings. The number of ether oxygens (including phenoxy) is 1. The maximum atomic E-state index is 12.0. The SMILES string of the molecule is CN(C(=O)COc1ccccc1C#N)c1ccncc1. The molecule has 0 bridgehead atoms. The predicted molar refractivity (Wildman–Crippen MR) is 74.3 cm³/mol. The highest BCUT2D eigenvalue weighted by atomic mass is 16.5. The molecular formula is C15H13N3O2. The molecule has 0 aliphatic heterocycles. The molecule has 100 valence electrons. The van der Waals surface area contributed by atoms with Crippen molar-refractivity contribution in [2.24, 2.45) is 0 Å². The molecule has 1 heterocycles. The van der Waals surface area contributed by atoms with Crippen molar-refractivity contribution in [2.75, 3.05) is 18.6 Å². The first-order valence-electron chi connectivity index (χ1n) is 6.01. The number of carbonyl (C=O) groups excluding carboxylic acids is 1. The maximum Gasteiger partial charge on any atom is 0.264 e. The number of likely N-dealkylation sites (N-methyl/N-ethyl adjacent to an activating group) is 1. The first kappa shape index (κ1) is 13.6. The summed E-state index contributed by atoms with van der Waals surface area (Å²) in [6.07, 6.45) is 3.23. The van der Waals surface area contributed by atoms with E-state index in [2.05, 4.69) is 4.98 Å². The van der Waals surface area contributed by atoms with Gasteiger partial charge in [0.05, 0.1) is 5.56 Å². The summed E-state index contributed by atoms with van der Waals surface area (Å²) in [7, 11) is 1.66. The standard InChI is InChI=1S/C15H13N3O2/c1-18(13-6-8-17-9-7-13)15(19)11-20-14-5-3-2-4-12(14)10-16/h2-9H,11H2,1H3. The summed E-state index contributed by atoms with van der Waals surface area (Å²) < 4.78 is 5.40. The highest BCUT2D eigenvalue weighted by Crippen LogP contribution is 2.17. The normalized spacial score (nSPS) is 9.60. The summed E-state index contributed by atoms with van der Waals surface area (Å²) in [6, 6.07) is 12.3. The highest BCUT2D eigenvalue weighted by molar-refractivity contribution is 5.93. The van der Waals surface area contributed by atoms with Gasteiger partial charge in [0, 0.05) is 25.1 Å². The van der Waals surface area contributed by atoms with Crippen LogP contribution in [-0.2, 0) is 4.79 Å². The fourth-order valence-electron chi connectivity index (χ4n) is 1.63. The van der Waals surface area contributed by atoms with Crippen molar-refractivity contribution in [3.8, 4) is 11.8 Å². The van der Waals surface area contributed by atoms with E-state index in [1.165, 1.54) is 4.90 Å². The molecule has 1 amide bonds. The molecule has 0 N–H and O–H groups in total. The second-order valence-electron chi connectivity index (χ2n) is 4.05. The Hall–Kier alpha value is -2.87. The Morgan fingerprint density at radius 3 is 2.70 bits per heavy atom. The molecule has 0 aliphatic carbocycles. The topological polar surface area (TPSA) is 66.2 Å². The number of nitriles is 1. The van der Waals surface area contributed by atoms with Gasteiger partial charge in [0.25, 0.3) is 5.91 Å². The molecule has 5 heteroatoms. The zero-order valence-corrected chi connectivity index (χ0v) is 11.0. The Balaban J connectivity index is 2.01. The van der Waals surface area contributed by atoms with Crippen LogP contribution in [0.25, 0.3) is 0 Å². The molecule has 0 aliphatic rings. The molecule has 0 saturated heterocycles. The molecule has 0 spiro atoms. The number of pyridine rings is 1. The van der Waals surface area contributed by atoms with Gasteiger partial charge in [0.1, 0.15) is 11.8 Å². The van der Waals surface area contributed by atoms with Crippen molar-refractivity contribution in [3.63, 3.8) is 0 Å². The smallest absolute Gasteiger partial charge is 0.264 e. The number of rotatable bonds is 4. The molecule has 20 heavy (non-hydrogen) atoms. The summed E-state index contributed by atoms with van der Waals surface area (Å²) in [5.41, 5.74) is 1.15. The van der Waals surface area contributed by atoms with E-state index in [4.69, 9.17) is 10.00 Å².